The van der Waals surface area contributed by atoms with E-state index in [9.17, 15) is 0 Å². The van der Waals surface area contributed by atoms with Gasteiger partial charge in [0.05, 0.1) is 10.6 Å². The van der Waals surface area contributed by atoms with Crippen LogP contribution in [0.3, 0.4) is 0 Å². The minimum atomic E-state index is 0.114. The smallest absolute Gasteiger partial charge is 0.211 e. The number of pyridine rings is 1. The highest BCUT2D eigenvalue weighted by atomic mass is 32.2. The van der Waals surface area contributed by atoms with Gasteiger partial charge in [-0.2, -0.15) is 0 Å². The molecule has 1 saturated heterocycles. The third kappa shape index (κ3) is 3.27. The molecule has 8 heteroatoms. The second-order valence-electron chi connectivity index (χ2n) is 9.57. The molecule has 1 aliphatic heterocycles. The van der Waals surface area contributed by atoms with Crippen molar-refractivity contribution in [3.8, 4) is 0 Å². The first kappa shape index (κ1) is 21.4. The van der Waals surface area contributed by atoms with Crippen LogP contribution in [0.15, 0.2) is 58.7 Å². The Kier molecular flexibility index (Phi) is 5.04. The maximum atomic E-state index is 6.79. The van der Waals surface area contributed by atoms with E-state index in [0.717, 1.165) is 65.0 Å². The van der Waals surface area contributed by atoms with Crippen molar-refractivity contribution in [1.29, 1.82) is 0 Å². The predicted molar refractivity (Wildman–Crippen MR) is 136 cm³/mol. The van der Waals surface area contributed by atoms with Crippen LogP contribution in [0.4, 0.5) is 11.8 Å². The summed E-state index contributed by atoms with van der Waals surface area (Å²) in [5, 5.41) is 0. The van der Waals surface area contributed by atoms with Crippen LogP contribution in [0.1, 0.15) is 41.3 Å². The van der Waals surface area contributed by atoms with Gasteiger partial charge in [0.2, 0.25) is 5.95 Å². The molecule has 0 bridgehead atoms. The molecule has 34 heavy (non-hydrogen) atoms. The van der Waals surface area contributed by atoms with Gasteiger partial charge in [-0.05, 0) is 55.7 Å². The highest BCUT2D eigenvalue weighted by Crippen LogP contribution is 2.51. The summed E-state index contributed by atoms with van der Waals surface area (Å²) in [6.07, 6.45) is 8.82. The lowest BCUT2D eigenvalue weighted by atomic mass is 9.73. The van der Waals surface area contributed by atoms with Gasteiger partial charge in [0.15, 0.2) is 5.65 Å². The molecule has 1 spiro atoms. The number of aromatic nitrogens is 4. The monoisotopic (exact) mass is 471 g/mol. The largest absolute Gasteiger partial charge is 0.383 e. The third-order valence-electron chi connectivity index (χ3n) is 7.70. The van der Waals surface area contributed by atoms with Gasteiger partial charge in [0.25, 0.3) is 0 Å². The Labute approximate surface area is 203 Å². The van der Waals surface area contributed by atoms with Crippen molar-refractivity contribution in [2.24, 2.45) is 11.1 Å². The zero-order chi connectivity index (χ0) is 23.4. The zero-order valence-corrected chi connectivity index (χ0v) is 20.3. The van der Waals surface area contributed by atoms with E-state index in [1.165, 1.54) is 11.1 Å². The molecule has 4 N–H and O–H groups in total. The second kappa shape index (κ2) is 7.99. The molecule has 2 aliphatic rings. The van der Waals surface area contributed by atoms with Crippen molar-refractivity contribution < 1.29 is 0 Å². The van der Waals surface area contributed by atoms with E-state index in [2.05, 4.69) is 45.5 Å². The number of nitrogens with zero attached hydrogens (tertiary/aromatic N) is 5. The summed E-state index contributed by atoms with van der Waals surface area (Å²) in [5.41, 5.74) is 18.6. The number of imidazole rings is 1. The minimum absolute atomic E-state index is 0.114. The number of anilines is 2. The molecule has 0 saturated carbocycles. The van der Waals surface area contributed by atoms with E-state index in [0.29, 0.717) is 5.82 Å². The van der Waals surface area contributed by atoms with E-state index >= 15 is 0 Å². The molecule has 1 atom stereocenters. The van der Waals surface area contributed by atoms with Crippen LogP contribution in [-0.4, -0.2) is 32.4 Å². The van der Waals surface area contributed by atoms with Crippen LogP contribution < -0.4 is 16.4 Å². The Bertz CT molecular complexity index is 1390. The molecule has 174 valence electrons. The average molecular weight is 472 g/mol. The molecule has 1 aromatic carbocycles. The zero-order valence-electron chi connectivity index (χ0n) is 19.5. The fourth-order valence-corrected chi connectivity index (χ4v) is 6.65. The minimum Gasteiger partial charge on any atom is -0.383 e. The highest BCUT2D eigenvalue weighted by Gasteiger charge is 2.46. The normalized spacial score (nSPS) is 19.1. The molecule has 1 aliphatic carbocycles. The molecule has 7 nitrogen and oxygen atoms in total. The van der Waals surface area contributed by atoms with Gasteiger partial charge in [0.1, 0.15) is 5.82 Å². The van der Waals surface area contributed by atoms with Gasteiger partial charge in [-0.1, -0.05) is 36.0 Å². The van der Waals surface area contributed by atoms with Gasteiger partial charge in [-0.3, -0.25) is 4.40 Å². The lowest BCUT2D eigenvalue weighted by Crippen LogP contribution is -2.45. The predicted octanol–water partition coefficient (Wildman–Crippen LogP) is 4.32. The summed E-state index contributed by atoms with van der Waals surface area (Å²) in [6.45, 7) is 5.94. The van der Waals surface area contributed by atoms with Crippen molar-refractivity contribution >= 4 is 29.2 Å². The van der Waals surface area contributed by atoms with Crippen LogP contribution in [0.5, 0.6) is 0 Å². The molecule has 4 aromatic rings. The summed E-state index contributed by atoms with van der Waals surface area (Å²) < 4.78 is 2.12. The standard InChI is InChI=1S/C26H29N7S/c1-16-20(7-10-29-23(16)28)34-21-17(2)31-25(33-14-11-30-24(21)33)32-12-8-26(9-13-32)15-18-5-3-4-6-19(18)22(26)27/h3-7,10-11,14,22H,8-9,12-13,15,27H2,1-2H3,(H2,28,29)/t22-/m1/s1. The Morgan fingerprint density at radius 1 is 1.06 bits per heavy atom. The number of fused-ring (bicyclic) bond motifs is 2. The van der Waals surface area contributed by atoms with Crippen molar-refractivity contribution in [3.05, 3.63) is 71.3 Å². The van der Waals surface area contributed by atoms with E-state index in [1.807, 2.05) is 25.4 Å². The molecular weight excluding hydrogens is 442 g/mol. The molecular formula is C26H29N7S. The van der Waals surface area contributed by atoms with E-state index in [-0.39, 0.29) is 11.5 Å². The maximum Gasteiger partial charge on any atom is 0.211 e. The lowest BCUT2D eigenvalue weighted by molar-refractivity contribution is 0.186. The summed E-state index contributed by atoms with van der Waals surface area (Å²) in [6, 6.07) is 10.8. The Balaban J connectivity index is 1.29. The second-order valence-corrected chi connectivity index (χ2v) is 10.6. The SMILES string of the molecule is Cc1nc(N2CCC3(CC2)Cc2ccccc2[C@H]3N)n2ccnc2c1Sc1ccnc(N)c1C. The van der Waals surface area contributed by atoms with Crippen LogP contribution in [0.2, 0.25) is 0 Å². The number of nitrogens with two attached hydrogens (primary N) is 2. The Morgan fingerprint density at radius 2 is 1.85 bits per heavy atom. The van der Waals surface area contributed by atoms with Crippen LogP contribution in [0, 0.1) is 19.3 Å². The number of aryl methyl sites for hydroxylation is 1. The number of rotatable bonds is 3. The van der Waals surface area contributed by atoms with Gasteiger partial charge in [-0.25, -0.2) is 15.0 Å². The Morgan fingerprint density at radius 3 is 2.65 bits per heavy atom. The maximum absolute atomic E-state index is 6.79. The molecule has 3 aromatic heterocycles. The summed E-state index contributed by atoms with van der Waals surface area (Å²) in [5.74, 6) is 1.51. The fourth-order valence-electron chi connectivity index (χ4n) is 5.60. The lowest BCUT2D eigenvalue weighted by Gasteiger charge is -2.42. The van der Waals surface area contributed by atoms with Crippen LogP contribution in [0.25, 0.3) is 5.65 Å². The molecule has 0 amide bonds. The average Bonchev–Trinajstić information content (AvgIpc) is 3.43. The number of hydrogen-bond acceptors (Lipinski definition) is 7. The first-order valence-electron chi connectivity index (χ1n) is 11.8. The van der Waals surface area contributed by atoms with Crippen LogP contribution in [-0.2, 0) is 6.42 Å². The van der Waals surface area contributed by atoms with E-state index < -0.39 is 0 Å². The quantitative estimate of drug-likeness (QED) is 0.459. The molecule has 6 rings (SSSR count). The van der Waals surface area contributed by atoms with Crippen molar-refractivity contribution in [3.63, 3.8) is 0 Å². The summed E-state index contributed by atoms with van der Waals surface area (Å²) in [7, 11) is 0. The van der Waals surface area contributed by atoms with Gasteiger partial charge >= 0.3 is 0 Å². The summed E-state index contributed by atoms with van der Waals surface area (Å²) >= 11 is 1.65. The molecule has 1 fully saturated rings. The number of benzene rings is 1. The topological polar surface area (TPSA) is 98.4 Å². The van der Waals surface area contributed by atoms with Gasteiger partial charge < -0.3 is 16.4 Å². The molecule has 4 heterocycles. The van der Waals surface area contributed by atoms with Crippen molar-refractivity contribution in [2.75, 3.05) is 23.7 Å². The van der Waals surface area contributed by atoms with Crippen LogP contribution >= 0.6 is 11.8 Å². The van der Waals surface area contributed by atoms with Crippen molar-refractivity contribution in [2.45, 2.75) is 48.9 Å². The van der Waals surface area contributed by atoms with Gasteiger partial charge in [-0.15, -0.1) is 0 Å². The fraction of sp³-hybridized carbons (Fsp3) is 0.346. The van der Waals surface area contributed by atoms with E-state index in [4.69, 9.17) is 21.4 Å². The molecule has 0 unspecified atom stereocenters. The highest BCUT2D eigenvalue weighted by molar-refractivity contribution is 7.99. The number of nitrogen functional groups attached to an aromatic ring is 1. The Hall–Kier alpha value is -3.10. The first-order valence-corrected chi connectivity index (χ1v) is 12.6. The third-order valence-corrected chi connectivity index (χ3v) is 9.04. The number of hydrogen-bond donors (Lipinski definition) is 2. The van der Waals surface area contributed by atoms with Crippen molar-refractivity contribution in [1.82, 2.24) is 19.4 Å². The molecule has 0 radical (unpaired) electrons. The summed E-state index contributed by atoms with van der Waals surface area (Å²) in [4.78, 5) is 18.5. The number of piperidine rings is 1. The first-order chi connectivity index (χ1) is 16.5. The van der Waals surface area contributed by atoms with E-state index in [1.54, 1.807) is 18.0 Å². The van der Waals surface area contributed by atoms with Gasteiger partial charge in [0, 0.05) is 48.2 Å².